The Kier molecular flexibility index (Phi) is 1.68. The number of hydrogen-bond donors (Lipinski definition) is 1. The summed E-state index contributed by atoms with van der Waals surface area (Å²) in [5.74, 6) is -2.24. The molecule has 5 heteroatoms. The maximum Gasteiger partial charge on any atom is 0.249 e. The Hall–Kier alpha value is -1.26. The molecule has 0 unspecified atom stereocenters. The van der Waals surface area contributed by atoms with E-state index in [1.54, 1.807) is 0 Å². The van der Waals surface area contributed by atoms with E-state index >= 15 is 0 Å². The number of halogens is 2. The molecule has 0 saturated heterocycles. The van der Waals surface area contributed by atoms with Crippen LogP contribution in [0.25, 0.3) is 0 Å². The van der Waals surface area contributed by atoms with Crippen molar-refractivity contribution in [2.75, 3.05) is 5.73 Å². The molecule has 0 aliphatic heterocycles. The molecule has 1 aromatic rings. The molecule has 2 N–H and O–H groups in total. The Labute approximate surface area is 74.0 Å². The molecule has 0 radical (unpaired) electrons. The van der Waals surface area contributed by atoms with E-state index in [-0.39, 0.29) is 18.8 Å². The average molecular weight is 185 g/mol. The van der Waals surface area contributed by atoms with E-state index in [0.29, 0.717) is 11.5 Å². The highest BCUT2D eigenvalue weighted by Gasteiger charge is 2.47. The molecule has 2 rings (SSSR count). The quantitative estimate of drug-likeness (QED) is 0.722. The standard InChI is InChI=1S/C8H9F2N3/c9-8(10)1-5(2-8)7-12-3-6(11)4-13-7/h3-5H,1-2,11H2. The third kappa shape index (κ3) is 1.59. The fourth-order valence-electron chi connectivity index (χ4n) is 1.40. The van der Waals surface area contributed by atoms with Crippen LogP contribution >= 0.6 is 0 Å². The van der Waals surface area contributed by atoms with Gasteiger partial charge in [0.1, 0.15) is 5.82 Å². The van der Waals surface area contributed by atoms with E-state index in [9.17, 15) is 8.78 Å². The topological polar surface area (TPSA) is 51.8 Å². The Morgan fingerprint density at radius 1 is 1.31 bits per heavy atom. The highest BCUT2D eigenvalue weighted by molar-refractivity contribution is 5.30. The number of nitrogen functional groups attached to an aromatic ring is 1. The van der Waals surface area contributed by atoms with Crippen LogP contribution in [0, 0.1) is 0 Å². The van der Waals surface area contributed by atoms with E-state index in [1.807, 2.05) is 0 Å². The van der Waals surface area contributed by atoms with Gasteiger partial charge in [-0.15, -0.1) is 0 Å². The van der Waals surface area contributed by atoms with Crippen molar-refractivity contribution >= 4 is 5.69 Å². The number of rotatable bonds is 1. The second-order valence-electron chi connectivity index (χ2n) is 3.34. The van der Waals surface area contributed by atoms with Crippen molar-refractivity contribution in [3.05, 3.63) is 18.2 Å². The second-order valence-corrected chi connectivity index (χ2v) is 3.34. The van der Waals surface area contributed by atoms with Crippen LogP contribution in [0.4, 0.5) is 14.5 Å². The van der Waals surface area contributed by atoms with Gasteiger partial charge in [-0.2, -0.15) is 0 Å². The summed E-state index contributed by atoms with van der Waals surface area (Å²) in [5.41, 5.74) is 5.82. The molecule has 0 aromatic carbocycles. The van der Waals surface area contributed by atoms with Gasteiger partial charge < -0.3 is 5.73 Å². The van der Waals surface area contributed by atoms with Crippen molar-refractivity contribution < 1.29 is 8.78 Å². The summed E-state index contributed by atoms with van der Waals surface area (Å²) in [5, 5.41) is 0. The molecule has 1 aliphatic carbocycles. The van der Waals surface area contributed by atoms with Gasteiger partial charge in [-0.3, -0.25) is 0 Å². The van der Waals surface area contributed by atoms with Crippen molar-refractivity contribution in [1.29, 1.82) is 0 Å². The predicted octanol–water partition coefficient (Wildman–Crippen LogP) is 1.57. The molecular formula is C8H9F2N3. The third-order valence-electron chi connectivity index (χ3n) is 2.15. The zero-order valence-electron chi connectivity index (χ0n) is 6.87. The summed E-state index contributed by atoms with van der Waals surface area (Å²) < 4.78 is 24.9. The zero-order chi connectivity index (χ0) is 9.47. The van der Waals surface area contributed by atoms with E-state index in [1.165, 1.54) is 12.4 Å². The smallest absolute Gasteiger partial charge is 0.249 e. The number of nitrogens with zero attached hydrogens (tertiary/aromatic N) is 2. The van der Waals surface area contributed by atoms with Gasteiger partial charge in [0.15, 0.2) is 0 Å². The third-order valence-corrected chi connectivity index (χ3v) is 2.15. The number of alkyl halides is 2. The summed E-state index contributed by atoms with van der Waals surface area (Å²) in [7, 11) is 0. The molecule has 13 heavy (non-hydrogen) atoms. The lowest BCUT2D eigenvalue weighted by atomic mass is 9.81. The first-order valence-electron chi connectivity index (χ1n) is 4.02. The highest BCUT2D eigenvalue weighted by Crippen LogP contribution is 2.47. The summed E-state index contributed by atoms with van der Waals surface area (Å²) >= 11 is 0. The van der Waals surface area contributed by atoms with Crippen molar-refractivity contribution in [3.8, 4) is 0 Å². The van der Waals surface area contributed by atoms with Gasteiger partial charge in [0.2, 0.25) is 5.92 Å². The monoisotopic (exact) mass is 185 g/mol. The molecule has 1 heterocycles. The van der Waals surface area contributed by atoms with Crippen LogP contribution in [0.5, 0.6) is 0 Å². The molecule has 70 valence electrons. The summed E-state index contributed by atoms with van der Waals surface area (Å²) in [4.78, 5) is 7.79. The first-order valence-corrected chi connectivity index (χ1v) is 4.02. The van der Waals surface area contributed by atoms with Gasteiger partial charge in [-0.25, -0.2) is 18.7 Å². The van der Waals surface area contributed by atoms with Gasteiger partial charge in [0.25, 0.3) is 0 Å². The van der Waals surface area contributed by atoms with Crippen LogP contribution in [-0.4, -0.2) is 15.9 Å². The van der Waals surface area contributed by atoms with Crippen LogP contribution in [0.15, 0.2) is 12.4 Å². The first-order chi connectivity index (χ1) is 6.07. The van der Waals surface area contributed by atoms with E-state index in [2.05, 4.69) is 9.97 Å². The Balaban J connectivity index is 2.08. The summed E-state index contributed by atoms with van der Waals surface area (Å²) in [6.07, 6.45) is 2.60. The predicted molar refractivity (Wildman–Crippen MR) is 43.4 cm³/mol. The summed E-state index contributed by atoms with van der Waals surface area (Å²) in [6.45, 7) is 0. The normalized spacial score (nSPS) is 21.1. The number of nitrogens with two attached hydrogens (primary N) is 1. The minimum atomic E-state index is -2.52. The van der Waals surface area contributed by atoms with Gasteiger partial charge in [-0.05, 0) is 0 Å². The van der Waals surface area contributed by atoms with Gasteiger partial charge >= 0.3 is 0 Å². The number of aromatic nitrogens is 2. The van der Waals surface area contributed by atoms with E-state index < -0.39 is 5.92 Å². The molecule has 1 aromatic heterocycles. The van der Waals surface area contributed by atoms with Crippen molar-refractivity contribution in [1.82, 2.24) is 9.97 Å². The lowest BCUT2D eigenvalue weighted by Gasteiger charge is -2.33. The Morgan fingerprint density at radius 3 is 2.31 bits per heavy atom. The van der Waals surface area contributed by atoms with Gasteiger partial charge in [0, 0.05) is 18.8 Å². The lowest BCUT2D eigenvalue weighted by Crippen LogP contribution is -2.34. The van der Waals surface area contributed by atoms with Crippen LogP contribution in [0.2, 0.25) is 0 Å². The fourth-order valence-corrected chi connectivity index (χ4v) is 1.40. The van der Waals surface area contributed by atoms with E-state index in [0.717, 1.165) is 0 Å². The molecule has 0 amide bonds. The van der Waals surface area contributed by atoms with Crippen molar-refractivity contribution in [3.63, 3.8) is 0 Å². The maximum absolute atomic E-state index is 12.5. The maximum atomic E-state index is 12.5. The second kappa shape index (κ2) is 2.61. The average Bonchev–Trinajstić information content (AvgIpc) is 2.01. The van der Waals surface area contributed by atoms with Crippen LogP contribution in [-0.2, 0) is 0 Å². The molecule has 0 atom stereocenters. The SMILES string of the molecule is Nc1cnc(C2CC(F)(F)C2)nc1. The van der Waals surface area contributed by atoms with Crippen molar-refractivity contribution in [2.24, 2.45) is 0 Å². The first kappa shape index (κ1) is 8.34. The minimum absolute atomic E-state index is 0.142. The highest BCUT2D eigenvalue weighted by atomic mass is 19.3. The zero-order valence-corrected chi connectivity index (χ0v) is 6.87. The number of anilines is 1. The number of hydrogen-bond acceptors (Lipinski definition) is 3. The van der Waals surface area contributed by atoms with Gasteiger partial charge in [0.05, 0.1) is 18.1 Å². The van der Waals surface area contributed by atoms with Crippen LogP contribution in [0.1, 0.15) is 24.6 Å². The molecule has 1 saturated carbocycles. The molecule has 1 fully saturated rings. The summed E-state index contributed by atoms with van der Waals surface area (Å²) in [6, 6.07) is 0. The largest absolute Gasteiger partial charge is 0.396 e. The molecule has 3 nitrogen and oxygen atoms in total. The van der Waals surface area contributed by atoms with Gasteiger partial charge in [-0.1, -0.05) is 0 Å². The van der Waals surface area contributed by atoms with Crippen LogP contribution in [0.3, 0.4) is 0 Å². The molecule has 0 bridgehead atoms. The van der Waals surface area contributed by atoms with Crippen LogP contribution < -0.4 is 5.73 Å². The van der Waals surface area contributed by atoms with E-state index in [4.69, 9.17) is 5.73 Å². The molecule has 0 spiro atoms. The molecular weight excluding hydrogens is 176 g/mol. The minimum Gasteiger partial charge on any atom is -0.396 e. The Morgan fingerprint density at radius 2 is 1.85 bits per heavy atom. The fraction of sp³-hybridized carbons (Fsp3) is 0.500. The lowest BCUT2D eigenvalue weighted by molar-refractivity contribution is -0.0885. The van der Waals surface area contributed by atoms with Crippen molar-refractivity contribution in [2.45, 2.75) is 24.7 Å². The Bertz CT molecular complexity index is 302. The molecule has 1 aliphatic rings.